The number of carbonyl (C=O) groups is 1. The van der Waals surface area contributed by atoms with Gasteiger partial charge < -0.3 is 5.32 Å². The molecule has 1 atom stereocenters. The van der Waals surface area contributed by atoms with Crippen LogP contribution in [0.25, 0.3) is 5.82 Å². The maximum Gasteiger partial charge on any atom is 0.267 e. The van der Waals surface area contributed by atoms with E-state index in [0.717, 1.165) is 22.1 Å². The first-order valence-electron chi connectivity index (χ1n) is 8.15. The van der Waals surface area contributed by atoms with E-state index in [9.17, 15) is 14.0 Å². The van der Waals surface area contributed by atoms with Crippen LogP contribution in [0.2, 0.25) is 5.02 Å². The molecule has 0 aliphatic carbocycles. The van der Waals surface area contributed by atoms with Crippen molar-refractivity contribution in [1.29, 1.82) is 0 Å². The predicted octanol–water partition coefficient (Wildman–Crippen LogP) is 3.04. The highest BCUT2D eigenvalue weighted by Crippen LogP contribution is 2.20. The lowest BCUT2D eigenvalue weighted by atomic mass is 10.2. The Labute approximate surface area is 159 Å². The second-order valence-electron chi connectivity index (χ2n) is 6.11. The van der Waals surface area contributed by atoms with Crippen molar-refractivity contribution < 1.29 is 9.18 Å². The Morgan fingerprint density at radius 2 is 1.93 bits per heavy atom. The molecule has 0 radical (unpaired) electrons. The van der Waals surface area contributed by atoms with Crippen LogP contribution in [-0.4, -0.2) is 25.5 Å². The monoisotopic (exact) mass is 389 g/mol. The summed E-state index contributed by atoms with van der Waals surface area (Å²) in [5.41, 5.74) is 1.55. The maximum absolute atomic E-state index is 13.2. The first kappa shape index (κ1) is 18.8. The molecule has 0 saturated carbocycles. The summed E-state index contributed by atoms with van der Waals surface area (Å²) < 4.78 is 15.9. The topological polar surface area (TPSA) is 81.8 Å². The second kappa shape index (κ2) is 7.32. The number of hydrogen-bond acceptors (Lipinski definition) is 4. The van der Waals surface area contributed by atoms with Gasteiger partial charge in [-0.3, -0.25) is 9.59 Å². The summed E-state index contributed by atoms with van der Waals surface area (Å²) in [6.45, 7) is 5.26. The third-order valence-corrected chi connectivity index (χ3v) is 4.26. The van der Waals surface area contributed by atoms with Crippen molar-refractivity contribution in [2.45, 2.75) is 26.8 Å². The van der Waals surface area contributed by atoms with E-state index in [0.29, 0.717) is 11.5 Å². The molecule has 3 rings (SSSR count). The molecule has 0 bridgehead atoms. The Kier molecular flexibility index (Phi) is 5.09. The molecule has 1 aromatic carbocycles. The number of rotatable bonds is 4. The smallest absolute Gasteiger partial charge is 0.267 e. The van der Waals surface area contributed by atoms with Gasteiger partial charge in [-0.25, -0.2) is 13.8 Å². The molecule has 9 heteroatoms. The Hall–Kier alpha value is -3.00. The van der Waals surface area contributed by atoms with Crippen LogP contribution in [0.1, 0.15) is 24.4 Å². The van der Waals surface area contributed by atoms with Gasteiger partial charge in [-0.2, -0.15) is 5.10 Å². The molecule has 7 nitrogen and oxygen atoms in total. The highest BCUT2D eigenvalue weighted by atomic mass is 35.5. The number of benzene rings is 1. The van der Waals surface area contributed by atoms with Gasteiger partial charge in [0.25, 0.3) is 5.56 Å². The molecule has 0 aliphatic rings. The molecule has 2 heterocycles. The number of carbonyl (C=O) groups excluding carboxylic acids is 1. The molecule has 0 unspecified atom stereocenters. The third kappa shape index (κ3) is 3.90. The lowest BCUT2D eigenvalue weighted by Crippen LogP contribution is -2.33. The van der Waals surface area contributed by atoms with Crippen LogP contribution in [0.15, 0.2) is 41.2 Å². The Bertz CT molecular complexity index is 1080. The van der Waals surface area contributed by atoms with E-state index in [1.807, 2.05) is 19.9 Å². The SMILES string of the molecule is Cc1cc(C)n(-c2ccc(=O)n([C@H](C)C(=O)Nc3ccc(F)c(Cl)c3)n2)n1. The summed E-state index contributed by atoms with van der Waals surface area (Å²) in [5.74, 6) is -0.652. The van der Waals surface area contributed by atoms with E-state index in [1.54, 1.807) is 17.7 Å². The molecule has 3 aromatic rings. The molecule has 1 amide bonds. The van der Waals surface area contributed by atoms with Gasteiger partial charge in [-0.15, -0.1) is 5.10 Å². The van der Waals surface area contributed by atoms with Gasteiger partial charge in [0, 0.05) is 17.4 Å². The van der Waals surface area contributed by atoms with E-state index in [-0.39, 0.29) is 5.02 Å². The van der Waals surface area contributed by atoms with Crippen LogP contribution < -0.4 is 10.9 Å². The van der Waals surface area contributed by atoms with Crippen LogP contribution in [0.4, 0.5) is 10.1 Å². The third-order valence-electron chi connectivity index (χ3n) is 3.97. The van der Waals surface area contributed by atoms with Crippen molar-refractivity contribution in [2.24, 2.45) is 0 Å². The number of anilines is 1. The number of amides is 1. The lowest BCUT2D eigenvalue weighted by molar-refractivity contribution is -0.119. The number of halogens is 2. The summed E-state index contributed by atoms with van der Waals surface area (Å²) in [4.78, 5) is 24.7. The van der Waals surface area contributed by atoms with Crippen molar-refractivity contribution in [1.82, 2.24) is 19.6 Å². The number of aromatic nitrogens is 4. The molecule has 27 heavy (non-hydrogen) atoms. The molecule has 140 valence electrons. The fourth-order valence-corrected chi connectivity index (χ4v) is 2.78. The minimum absolute atomic E-state index is 0.109. The summed E-state index contributed by atoms with van der Waals surface area (Å²) in [6.07, 6.45) is 0. The van der Waals surface area contributed by atoms with Crippen LogP contribution in [0.3, 0.4) is 0 Å². The molecule has 0 fully saturated rings. The molecular weight excluding hydrogens is 373 g/mol. The van der Waals surface area contributed by atoms with Crippen molar-refractivity contribution in [2.75, 3.05) is 5.32 Å². The zero-order valence-corrected chi connectivity index (χ0v) is 15.7. The number of nitrogens with zero attached hydrogens (tertiary/aromatic N) is 4. The van der Waals surface area contributed by atoms with Crippen LogP contribution in [-0.2, 0) is 4.79 Å². The van der Waals surface area contributed by atoms with Gasteiger partial charge in [-0.05, 0) is 51.1 Å². The Morgan fingerprint density at radius 3 is 2.56 bits per heavy atom. The second-order valence-corrected chi connectivity index (χ2v) is 6.51. The normalized spacial score (nSPS) is 12.0. The zero-order chi connectivity index (χ0) is 19.7. The van der Waals surface area contributed by atoms with Crippen LogP contribution in [0, 0.1) is 19.7 Å². The molecule has 2 aromatic heterocycles. The quantitative estimate of drug-likeness (QED) is 0.743. The van der Waals surface area contributed by atoms with Crippen molar-refractivity contribution in [3.8, 4) is 5.82 Å². The van der Waals surface area contributed by atoms with Gasteiger partial charge in [-0.1, -0.05) is 11.6 Å². The zero-order valence-electron chi connectivity index (χ0n) is 14.9. The minimum Gasteiger partial charge on any atom is -0.324 e. The highest BCUT2D eigenvalue weighted by Gasteiger charge is 2.19. The van der Waals surface area contributed by atoms with E-state index in [4.69, 9.17) is 11.6 Å². The van der Waals surface area contributed by atoms with E-state index < -0.39 is 23.3 Å². The summed E-state index contributed by atoms with van der Waals surface area (Å²) >= 11 is 5.72. The van der Waals surface area contributed by atoms with Crippen molar-refractivity contribution in [3.63, 3.8) is 0 Å². The van der Waals surface area contributed by atoms with Gasteiger partial charge in [0.05, 0.1) is 10.7 Å². The molecule has 0 saturated heterocycles. The summed E-state index contributed by atoms with van der Waals surface area (Å²) in [5, 5.41) is 11.1. The van der Waals surface area contributed by atoms with E-state index in [2.05, 4.69) is 15.5 Å². The fourth-order valence-electron chi connectivity index (χ4n) is 2.60. The highest BCUT2D eigenvalue weighted by molar-refractivity contribution is 6.31. The Morgan fingerprint density at radius 1 is 1.19 bits per heavy atom. The van der Waals surface area contributed by atoms with Gasteiger partial charge in [0.1, 0.15) is 11.9 Å². The average molecular weight is 390 g/mol. The van der Waals surface area contributed by atoms with Crippen molar-refractivity contribution in [3.05, 3.63) is 69.0 Å². The number of nitrogens with one attached hydrogen (secondary N) is 1. The fraction of sp³-hybridized carbons (Fsp3) is 0.222. The van der Waals surface area contributed by atoms with Crippen LogP contribution >= 0.6 is 11.6 Å². The standard InChI is InChI=1S/C18H17ClFN5O2/c1-10-8-11(2)24(22-10)16-6-7-17(26)25(23-16)12(3)18(27)21-13-4-5-15(20)14(19)9-13/h4-9,12H,1-3H3,(H,21,27)/t12-/m1/s1. The number of aryl methyl sites for hydroxylation is 2. The van der Waals surface area contributed by atoms with Crippen LogP contribution in [0.5, 0.6) is 0 Å². The lowest BCUT2D eigenvalue weighted by Gasteiger charge is -2.15. The molecule has 0 spiro atoms. The molecule has 0 aliphatic heterocycles. The largest absolute Gasteiger partial charge is 0.324 e. The molecular formula is C18H17ClFN5O2. The Balaban J connectivity index is 1.89. The van der Waals surface area contributed by atoms with Gasteiger partial charge in [0.15, 0.2) is 5.82 Å². The first-order chi connectivity index (χ1) is 12.8. The minimum atomic E-state index is -0.904. The van der Waals surface area contributed by atoms with Gasteiger partial charge in [0.2, 0.25) is 5.91 Å². The average Bonchev–Trinajstić information content (AvgIpc) is 2.96. The maximum atomic E-state index is 13.2. The van der Waals surface area contributed by atoms with E-state index >= 15 is 0 Å². The number of hydrogen-bond donors (Lipinski definition) is 1. The van der Waals surface area contributed by atoms with E-state index in [1.165, 1.54) is 18.2 Å². The summed E-state index contributed by atoms with van der Waals surface area (Å²) in [7, 11) is 0. The molecule has 1 N–H and O–H groups in total. The van der Waals surface area contributed by atoms with Gasteiger partial charge >= 0.3 is 0 Å². The summed E-state index contributed by atoms with van der Waals surface area (Å²) in [6, 6.07) is 7.68. The first-order valence-corrected chi connectivity index (χ1v) is 8.53. The predicted molar refractivity (Wildman–Crippen MR) is 99.8 cm³/mol. The van der Waals surface area contributed by atoms with Crippen molar-refractivity contribution >= 4 is 23.2 Å².